The van der Waals surface area contributed by atoms with E-state index in [0.29, 0.717) is 63.6 Å². The van der Waals surface area contributed by atoms with Gasteiger partial charge in [0.25, 0.3) is 11.5 Å². The van der Waals surface area contributed by atoms with E-state index < -0.39 is 5.56 Å². The highest BCUT2D eigenvalue weighted by molar-refractivity contribution is 8.26. The molecule has 11 heteroatoms. The van der Waals surface area contributed by atoms with Gasteiger partial charge in [-0.3, -0.25) is 19.1 Å². The van der Waals surface area contributed by atoms with Crippen LogP contribution in [0.2, 0.25) is 0 Å². The Morgan fingerprint density at radius 1 is 1.00 bits per heavy atom. The minimum absolute atomic E-state index is 0.0316. The molecule has 2 aromatic carbocycles. The molecule has 1 amide bonds. The molecule has 9 nitrogen and oxygen atoms in total. The average Bonchev–Trinajstić information content (AvgIpc) is 3.27. The van der Waals surface area contributed by atoms with Crippen LogP contribution in [0.5, 0.6) is 17.2 Å². The third-order valence-electron chi connectivity index (χ3n) is 7.09. The van der Waals surface area contributed by atoms with E-state index in [1.54, 1.807) is 46.3 Å². The quantitative estimate of drug-likeness (QED) is 0.247. The summed E-state index contributed by atoms with van der Waals surface area (Å²) in [7, 11) is 6.40. The second-order valence-corrected chi connectivity index (χ2v) is 11.2. The van der Waals surface area contributed by atoms with Crippen molar-refractivity contribution in [3.63, 3.8) is 0 Å². The molecule has 1 aromatic heterocycles. The Balaban J connectivity index is 1.58. The molecule has 0 unspecified atom stereocenters. The average molecular weight is 605 g/mol. The van der Waals surface area contributed by atoms with Gasteiger partial charge in [0.15, 0.2) is 11.5 Å². The SMILES string of the molecule is COc1ccc(CCN2C(=O)/C(=C\c3c(C)c(C#N)c(=O)n(C)c3NCCc3ccc(OC)c(OC)c3)SC2=S)cc1. The molecule has 0 spiro atoms. The van der Waals surface area contributed by atoms with Crippen molar-refractivity contribution < 1.29 is 19.0 Å². The molecule has 0 saturated carbocycles. The number of nitrogens with zero attached hydrogens (tertiary/aromatic N) is 3. The van der Waals surface area contributed by atoms with Crippen molar-refractivity contribution in [2.75, 3.05) is 39.7 Å². The minimum Gasteiger partial charge on any atom is -0.497 e. The van der Waals surface area contributed by atoms with Crippen molar-refractivity contribution in [1.82, 2.24) is 9.47 Å². The minimum atomic E-state index is -0.409. The number of benzene rings is 2. The Bertz CT molecular complexity index is 1640. The number of methoxy groups -OCH3 is 3. The van der Waals surface area contributed by atoms with E-state index in [4.69, 9.17) is 26.4 Å². The van der Waals surface area contributed by atoms with Gasteiger partial charge >= 0.3 is 0 Å². The van der Waals surface area contributed by atoms with E-state index in [9.17, 15) is 14.9 Å². The molecule has 0 radical (unpaired) electrons. The van der Waals surface area contributed by atoms with Gasteiger partial charge in [-0.05, 0) is 66.8 Å². The van der Waals surface area contributed by atoms with E-state index in [1.165, 1.54) is 16.3 Å². The Morgan fingerprint density at radius 2 is 1.69 bits per heavy atom. The zero-order valence-electron chi connectivity index (χ0n) is 24.1. The summed E-state index contributed by atoms with van der Waals surface area (Å²) in [6.07, 6.45) is 2.98. The van der Waals surface area contributed by atoms with Crippen LogP contribution in [0, 0.1) is 18.3 Å². The van der Waals surface area contributed by atoms with Crippen LogP contribution >= 0.6 is 24.0 Å². The maximum atomic E-state index is 13.4. The fourth-order valence-electron chi connectivity index (χ4n) is 4.66. The van der Waals surface area contributed by atoms with Gasteiger partial charge in [0.2, 0.25) is 0 Å². The molecule has 1 fully saturated rings. The van der Waals surface area contributed by atoms with Crippen LogP contribution in [-0.2, 0) is 24.7 Å². The second kappa shape index (κ2) is 13.6. The molecule has 4 rings (SSSR count). The summed E-state index contributed by atoms with van der Waals surface area (Å²) >= 11 is 6.77. The van der Waals surface area contributed by atoms with Gasteiger partial charge in [-0.1, -0.05) is 42.2 Å². The highest BCUT2D eigenvalue weighted by atomic mass is 32.2. The van der Waals surface area contributed by atoms with Crippen LogP contribution in [0.3, 0.4) is 0 Å². The van der Waals surface area contributed by atoms with E-state index in [-0.39, 0.29) is 11.5 Å². The summed E-state index contributed by atoms with van der Waals surface area (Å²) in [6, 6.07) is 15.4. The molecular formula is C31H32N4O5S2. The van der Waals surface area contributed by atoms with Crippen LogP contribution in [0.25, 0.3) is 6.08 Å². The Kier molecular flexibility index (Phi) is 9.93. The molecule has 1 aliphatic heterocycles. The van der Waals surface area contributed by atoms with Crippen LogP contribution < -0.4 is 25.1 Å². The monoisotopic (exact) mass is 604 g/mol. The number of carbonyl (C=O) groups is 1. The molecule has 2 heterocycles. The van der Waals surface area contributed by atoms with Gasteiger partial charge in [0, 0.05) is 25.7 Å². The van der Waals surface area contributed by atoms with Gasteiger partial charge < -0.3 is 19.5 Å². The number of anilines is 1. The molecule has 0 bridgehead atoms. The summed E-state index contributed by atoms with van der Waals surface area (Å²) in [4.78, 5) is 28.4. The first-order valence-corrected chi connectivity index (χ1v) is 14.4. The lowest BCUT2D eigenvalue weighted by molar-refractivity contribution is -0.122. The number of ether oxygens (including phenoxy) is 3. The predicted octanol–water partition coefficient (Wildman–Crippen LogP) is 4.69. The number of carbonyl (C=O) groups excluding carboxylic acids is 1. The summed E-state index contributed by atoms with van der Waals surface area (Å²) in [5.74, 6) is 2.35. The van der Waals surface area contributed by atoms with Gasteiger partial charge in [-0.25, -0.2) is 0 Å². The third-order valence-corrected chi connectivity index (χ3v) is 8.46. The van der Waals surface area contributed by atoms with E-state index in [2.05, 4.69) is 5.32 Å². The maximum Gasteiger partial charge on any atom is 0.270 e. The van der Waals surface area contributed by atoms with Crippen molar-refractivity contribution in [2.45, 2.75) is 19.8 Å². The number of hydrogen-bond acceptors (Lipinski definition) is 9. The maximum absolute atomic E-state index is 13.4. The Labute approximate surface area is 254 Å². The molecule has 42 heavy (non-hydrogen) atoms. The molecule has 1 N–H and O–H groups in total. The van der Waals surface area contributed by atoms with Crippen molar-refractivity contribution in [3.05, 3.63) is 85.5 Å². The summed E-state index contributed by atoms with van der Waals surface area (Å²) < 4.78 is 17.8. The Hall–Kier alpha value is -4.27. The first-order valence-electron chi connectivity index (χ1n) is 13.2. The molecule has 218 valence electrons. The number of nitriles is 1. The van der Waals surface area contributed by atoms with Crippen molar-refractivity contribution in [2.24, 2.45) is 7.05 Å². The fourth-order valence-corrected chi connectivity index (χ4v) is 5.95. The molecule has 3 aromatic rings. The highest BCUT2D eigenvalue weighted by Gasteiger charge is 2.32. The first kappa shape index (κ1) is 30.7. The van der Waals surface area contributed by atoms with Gasteiger partial charge in [-0.2, -0.15) is 5.26 Å². The molecule has 1 aliphatic rings. The highest BCUT2D eigenvalue weighted by Crippen LogP contribution is 2.35. The van der Waals surface area contributed by atoms with Gasteiger partial charge in [0.1, 0.15) is 27.5 Å². The number of rotatable bonds is 11. The predicted molar refractivity (Wildman–Crippen MR) is 169 cm³/mol. The van der Waals surface area contributed by atoms with Crippen molar-refractivity contribution >= 4 is 46.1 Å². The van der Waals surface area contributed by atoms with Crippen LogP contribution in [0.4, 0.5) is 5.82 Å². The summed E-state index contributed by atoms with van der Waals surface area (Å²) in [5.41, 5.74) is 2.78. The van der Waals surface area contributed by atoms with E-state index >= 15 is 0 Å². The number of amides is 1. The molecule has 1 saturated heterocycles. The zero-order chi connectivity index (χ0) is 30.4. The van der Waals surface area contributed by atoms with Crippen LogP contribution in [-0.4, -0.2) is 54.1 Å². The van der Waals surface area contributed by atoms with Crippen LogP contribution in [0.1, 0.15) is 27.8 Å². The number of aromatic nitrogens is 1. The summed E-state index contributed by atoms with van der Waals surface area (Å²) in [6.45, 7) is 2.63. The number of thioether (sulfide) groups is 1. The van der Waals surface area contributed by atoms with Crippen molar-refractivity contribution in [1.29, 1.82) is 5.26 Å². The van der Waals surface area contributed by atoms with Gasteiger partial charge in [-0.15, -0.1) is 0 Å². The lowest BCUT2D eigenvalue weighted by Crippen LogP contribution is -2.30. The normalized spacial score (nSPS) is 13.8. The van der Waals surface area contributed by atoms with Crippen molar-refractivity contribution in [3.8, 4) is 23.3 Å². The topological polar surface area (TPSA) is 106 Å². The standard InChI is InChI=1S/C31H32N4O5S2/c1-19-23(17-27-30(37)35(31(41)42-27)15-13-20-6-9-22(38-3)10-7-20)28(34(2)29(36)24(19)18-32)33-14-12-21-8-11-25(39-4)26(16-21)40-5/h6-11,16-17,33H,12-15H2,1-5H3/b27-17+. The zero-order valence-corrected chi connectivity index (χ0v) is 25.8. The second-order valence-electron chi connectivity index (χ2n) is 9.54. The number of hydrogen-bond donors (Lipinski definition) is 1. The molecular weight excluding hydrogens is 572 g/mol. The number of pyridine rings is 1. The first-order chi connectivity index (χ1) is 20.2. The molecule has 0 aliphatic carbocycles. The van der Waals surface area contributed by atoms with E-state index in [1.807, 2.05) is 48.5 Å². The fraction of sp³-hybridized carbons (Fsp3) is 0.290. The number of thiocarbonyl (C=S) groups is 1. The smallest absolute Gasteiger partial charge is 0.270 e. The van der Waals surface area contributed by atoms with Gasteiger partial charge in [0.05, 0.1) is 26.2 Å². The lowest BCUT2D eigenvalue weighted by Gasteiger charge is -2.18. The van der Waals surface area contributed by atoms with Crippen LogP contribution in [0.15, 0.2) is 52.2 Å². The Morgan fingerprint density at radius 3 is 2.33 bits per heavy atom. The molecule has 0 atom stereocenters. The summed E-state index contributed by atoms with van der Waals surface area (Å²) in [5, 5.41) is 13.1. The third kappa shape index (κ3) is 6.45. The lowest BCUT2D eigenvalue weighted by atomic mass is 10.0. The van der Waals surface area contributed by atoms with E-state index in [0.717, 1.165) is 16.9 Å². The largest absolute Gasteiger partial charge is 0.497 e. The number of nitrogens with one attached hydrogen (secondary N) is 1.